The first-order valence-electron chi connectivity index (χ1n) is 6.05. The van der Waals surface area contributed by atoms with Crippen molar-refractivity contribution in [3.05, 3.63) is 53.5 Å². The molecule has 0 spiro atoms. The van der Waals surface area contributed by atoms with Gasteiger partial charge in [-0.3, -0.25) is 0 Å². The van der Waals surface area contributed by atoms with Crippen molar-refractivity contribution >= 4 is 22.9 Å². The number of nitrogens with two attached hydrogens (primary N) is 1. The smallest absolute Gasteiger partial charge is 0.182 e. The molecule has 0 fully saturated rings. The Kier molecular flexibility index (Phi) is 4.34. The Bertz CT molecular complexity index is 614. The van der Waals surface area contributed by atoms with Gasteiger partial charge in [0.1, 0.15) is 10.7 Å². The van der Waals surface area contributed by atoms with E-state index in [0.717, 1.165) is 5.76 Å². The Labute approximate surface area is 120 Å². The van der Waals surface area contributed by atoms with Gasteiger partial charge in [-0.1, -0.05) is 12.2 Å². The number of rotatable bonds is 5. The number of thiocarbonyl (C=S) groups is 1. The molecule has 0 aliphatic rings. The van der Waals surface area contributed by atoms with Crippen LogP contribution in [0.2, 0.25) is 0 Å². The topological polar surface area (TPSA) is 51.2 Å². The van der Waals surface area contributed by atoms with Crippen LogP contribution in [0.15, 0.2) is 34.9 Å². The fraction of sp³-hybridized carbons (Fsp3) is 0.214. The van der Waals surface area contributed by atoms with E-state index in [1.807, 2.05) is 13.0 Å². The molecule has 0 radical (unpaired) electrons. The van der Waals surface area contributed by atoms with Gasteiger partial charge in [0.25, 0.3) is 0 Å². The average Bonchev–Trinajstić information content (AvgIpc) is 2.87. The number of hydrogen-bond donors (Lipinski definition) is 2. The summed E-state index contributed by atoms with van der Waals surface area (Å²) in [6.45, 7) is 1.85. The third kappa shape index (κ3) is 3.14. The normalized spacial score (nSPS) is 12.2. The highest BCUT2D eigenvalue weighted by atomic mass is 32.1. The third-order valence-electron chi connectivity index (χ3n) is 2.84. The highest BCUT2D eigenvalue weighted by Gasteiger charge is 2.16. The number of anilines is 1. The van der Waals surface area contributed by atoms with Crippen LogP contribution in [0.3, 0.4) is 0 Å². The summed E-state index contributed by atoms with van der Waals surface area (Å²) in [5.74, 6) is -1.25. The van der Waals surface area contributed by atoms with E-state index >= 15 is 0 Å². The second-order valence-corrected chi connectivity index (χ2v) is 4.92. The highest BCUT2D eigenvalue weighted by molar-refractivity contribution is 7.80. The Morgan fingerprint density at radius 1 is 1.35 bits per heavy atom. The minimum absolute atomic E-state index is 0.0709. The Hall–Kier alpha value is -1.95. The first-order chi connectivity index (χ1) is 9.49. The van der Waals surface area contributed by atoms with Crippen LogP contribution in [0.1, 0.15) is 18.2 Å². The monoisotopic (exact) mass is 296 g/mol. The Morgan fingerprint density at radius 2 is 2.10 bits per heavy atom. The summed E-state index contributed by atoms with van der Waals surface area (Å²) in [6, 6.07) is 6.27. The quantitative estimate of drug-likeness (QED) is 0.832. The largest absolute Gasteiger partial charge is 0.469 e. The van der Waals surface area contributed by atoms with Crippen molar-refractivity contribution in [3.8, 4) is 0 Å². The summed E-state index contributed by atoms with van der Waals surface area (Å²) < 4.78 is 32.8. The summed E-state index contributed by atoms with van der Waals surface area (Å²) in [7, 11) is 0. The molecule has 0 aliphatic heterocycles. The summed E-state index contributed by atoms with van der Waals surface area (Å²) >= 11 is 4.66. The van der Waals surface area contributed by atoms with Crippen LogP contribution in [0.5, 0.6) is 0 Å². The molecule has 0 aliphatic carbocycles. The first-order valence-corrected chi connectivity index (χ1v) is 6.46. The van der Waals surface area contributed by atoms with Crippen LogP contribution in [0.25, 0.3) is 0 Å². The molecule has 3 N–H and O–H groups in total. The van der Waals surface area contributed by atoms with Crippen molar-refractivity contribution < 1.29 is 13.2 Å². The molecule has 1 unspecified atom stereocenters. The molecule has 2 aromatic rings. The molecule has 1 heterocycles. The lowest BCUT2D eigenvalue weighted by Gasteiger charge is -2.15. The number of hydrogen-bond acceptors (Lipinski definition) is 3. The van der Waals surface area contributed by atoms with Gasteiger partial charge in [0.15, 0.2) is 11.6 Å². The fourth-order valence-corrected chi connectivity index (χ4v) is 2.06. The second kappa shape index (κ2) is 6.00. The van der Waals surface area contributed by atoms with Crippen LogP contribution >= 0.6 is 12.2 Å². The maximum absolute atomic E-state index is 13.9. The van der Waals surface area contributed by atoms with Crippen molar-refractivity contribution in [3.63, 3.8) is 0 Å². The van der Waals surface area contributed by atoms with Crippen molar-refractivity contribution in [1.29, 1.82) is 0 Å². The number of furan rings is 1. The zero-order chi connectivity index (χ0) is 14.7. The zero-order valence-corrected chi connectivity index (χ0v) is 11.6. The lowest BCUT2D eigenvalue weighted by molar-refractivity contribution is 0.493. The molecule has 0 saturated carbocycles. The lowest BCUT2D eigenvalue weighted by atomic mass is 10.1. The molecule has 1 atom stereocenters. The van der Waals surface area contributed by atoms with Crippen molar-refractivity contribution in [2.24, 2.45) is 5.73 Å². The van der Waals surface area contributed by atoms with Crippen LogP contribution in [-0.4, -0.2) is 11.0 Å². The summed E-state index contributed by atoms with van der Waals surface area (Å²) in [5.41, 5.74) is 5.29. The van der Waals surface area contributed by atoms with E-state index in [0.29, 0.717) is 6.42 Å². The lowest BCUT2D eigenvalue weighted by Crippen LogP contribution is -2.20. The molecular formula is C14H14F2N2OS. The standard InChI is InChI=1S/C14H14F2N2OS/c1-8(7-9-3-2-6-19-9)18-11-5-4-10(14(17)20)12(15)13(11)16/h2-6,8,18H,7H2,1H3,(H2,17,20). The predicted octanol–water partition coefficient (Wildman–Crippen LogP) is 3.24. The van der Waals surface area contributed by atoms with E-state index in [2.05, 4.69) is 17.5 Å². The van der Waals surface area contributed by atoms with Crippen LogP contribution in [0, 0.1) is 11.6 Å². The van der Waals surface area contributed by atoms with Gasteiger partial charge in [-0.05, 0) is 31.2 Å². The zero-order valence-electron chi connectivity index (χ0n) is 10.8. The molecular weight excluding hydrogens is 282 g/mol. The molecule has 0 amide bonds. The van der Waals surface area contributed by atoms with E-state index in [1.54, 1.807) is 12.3 Å². The third-order valence-corrected chi connectivity index (χ3v) is 3.06. The molecule has 1 aromatic carbocycles. The fourth-order valence-electron chi connectivity index (χ4n) is 1.90. The van der Waals surface area contributed by atoms with Crippen LogP contribution < -0.4 is 11.1 Å². The molecule has 1 aromatic heterocycles. The van der Waals surface area contributed by atoms with Gasteiger partial charge in [0, 0.05) is 18.0 Å². The number of nitrogens with one attached hydrogen (secondary N) is 1. The van der Waals surface area contributed by atoms with E-state index in [-0.39, 0.29) is 22.3 Å². The second-order valence-electron chi connectivity index (χ2n) is 4.48. The van der Waals surface area contributed by atoms with Gasteiger partial charge in [-0.15, -0.1) is 0 Å². The van der Waals surface area contributed by atoms with Crippen molar-refractivity contribution in [2.75, 3.05) is 5.32 Å². The molecule has 0 bridgehead atoms. The van der Waals surface area contributed by atoms with Crippen LogP contribution in [-0.2, 0) is 6.42 Å². The van der Waals surface area contributed by atoms with Crippen molar-refractivity contribution in [1.82, 2.24) is 0 Å². The van der Waals surface area contributed by atoms with Gasteiger partial charge in [0.2, 0.25) is 0 Å². The molecule has 6 heteroatoms. The van der Waals surface area contributed by atoms with Crippen molar-refractivity contribution in [2.45, 2.75) is 19.4 Å². The highest BCUT2D eigenvalue weighted by Crippen LogP contribution is 2.22. The predicted molar refractivity (Wildman–Crippen MR) is 77.7 cm³/mol. The van der Waals surface area contributed by atoms with Gasteiger partial charge < -0.3 is 15.5 Å². The first kappa shape index (κ1) is 14.5. The number of benzene rings is 1. The summed E-state index contributed by atoms with van der Waals surface area (Å²) in [6.07, 6.45) is 2.13. The van der Waals surface area contributed by atoms with Crippen LogP contribution in [0.4, 0.5) is 14.5 Å². The molecule has 2 rings (SSSR count). The molecule has 3 nitrogen and oxygen atoms in total. The van der Waals surface area contributed by atoms with E-state index in [4.69, 9.17) is 10.2 Å². The molecule has 20 heavy (non-hydrogen) atoms. The Morgan fingerprint density at radius 3 is 2.70 bits per heavy atom. The van der Waals surface area contributed by atoms with Gasteiger partial charge >= 0.3 is 0 Å². The number of halogens is 2. The minimum atomic E-state index is -1.03. The maximum atomic E-state index is 13.9. The Balaban J connectivity index is 2.13. The van der Waals surface area contributed by atoms with Gasteiger partial charge in [-0.25, -0.2) is 8.78 Å². The average molecular weight is 296 g/mol. The SMILES string of the molecule is CC(Cc1ccco1)Nc1ccc(C(N)=S)c(F)c1F. The van der Waals surface area contributed by atoms with Gasteiger partial charge in [0.05, 0.1) is 12.0 Å². The van der Waals surface area contributed by atoms with E-state index < -0.39 is 11.6 Å². The van der Waals surface area contributed by atoms with E-state index in [1.165, 1.54) is 12.1 Å². The molecule has 106 valence electrons. The summed E-state index contributed by atoms with van der Waals surface area (Å²) in [5, 5.41) is 2.90. The summed E-state index contributed by atoms with van der Waals surface area (Å²) in [4.78, 5) is -0.170. The minimum Gasteiger partial charge on any atom is -0.469 e. The van der Waals surface area contributed by atoms with E-state index in [9.17, 15) is 8.78 Å². The molecule has 0 saturated heterocycles. The van der Waals surface area contributed by atoms with Gasteiger partial charge in [-0.2, -0.15) is 0 Å². The maximum Gasteiger partial charge on any atom is 0.182 e.